The summed E-state index contributed by atoms with van der Waals surface area (Å²) < 4.78 is 0. The van der Waals surface area contributed by atoms with Gasteiger partial charge in [0.1, 0.15) is 5.75 Å². The fourth-order valence-electron chi connectivity index (χ4n) is 1.46. The summed E-state index contributed by atoms with van der Waals surface area (Å²) in [5, 5.41) is 18.9. The lowest BCUT2D eigenvalue weighted by Crippen LogP contribution is -1.94. The molecule has 0 fully saturated rings. The molecule has 2 aromatic rings. The molecule has 4 nitrogen and oxygen atoms in total. The summed E-state index contributed by atoms with van der Waals surface area (Å²) in [6.45, 7) is 0. The van der Waals surface area contributed by atoms with Crippen molar-refractivity contribution in [1.82, 2.24) is 0 Å². The van der Waals surface area contributed by atoms with Gasteiger partial charge in [-0.3, -0.25) is 4.99 Å². The number of carboxylic acid groups (broad SMARTS) is 1. The maximum absolute atomic E-state index is 10.7. The van der Waals surface area contributed by atoms with Gasteiger partial charge in [0.15, 0.2) is 0 Å². The van der Waals surface area contributed by atoms with Crippen LogP contribution in [0.1, 0.15) is 15.9 Å². The summed E-state index contributed by atoms with van der Waals surface area (Å²) in [6.07, 6.45) is 1.47. The maximum atomic E-state index is 10.7. The summed E-state index contributed by atoms with van der Waals surface area (Å²) in [4.78, 5) is 14.8. The van der Waals surface area contributed by atoms with E-state index in [4.69, 9.17) is 16.7 Å². The topological polar surface area (TPSA) is 69.9 Å². The third-order valence-electron chi connectivity index (χ3n) is 2.46. The molecule has 0 saturated heterocycles. The van der Waals surface area contributed by atoms with E-state index in [2.05, 4.69) is 4.99 Å². The van der Waals surface area contributed by atoms with Crippen molar-refractivity contribution in [1.29, 1.82) is 0 Å². The molecule has 5 heteroatoms. The van der Waals surface area contributed by atoms with Crippen LogP contribution in [-0.2, 0) is 0 Å². The quantitative estimate of drug-likeness (QED) is 0.842. The van der Waals surface area contributed by atoms with Crippen LogP contribution in [0.4, 0.5) is 5.69 Å². The summed E-state index contributed by atoms with van der Waals surface area (Å²) in [5.74, 6) is -0.904. The van der Waals surface area contributed by atoms with E-state index in [1.54, 1.807) is 24.3 Å². The molecule has 0 unspecified atom stereocenters. The Morgan fingerprint density at radius 2 is 1.84 bits per heavy atom. The molecule has 0 amide bonds. The Kier molecular flexibility index (Phi) is 3.82. The Morgan fingerprint density at radius 1 is 1.16 bits per heavy atom. The Labute approximate surface area is 114 Å². The minimum absolute atomic E-state index is 0.0790. The van der Waals surface area contributed by atoms with Gasteiger partial charge < -0.3 is 10.2 Å². The lowest BCUT2D eigenvalue weighted by molar-refractivity contribution is 0.0697. The number of aromatic carboxylic acids is 1. The van der Waals surface area contributed by atoms with Crippen LogP contribution in [0.2, 0.25) is 5.02 Å². The van der Waals surface area contributed by atoms with Crippen LogP contribution in [0.15, 0.2) is 47.5 Å². The van der Waals surface area contributed by atoms with Crippen molar-refractivity contribution in [2.24, 2.45) is 4.99 Å². The number of halogens is 1. The number of rotatable bonds is 3. The summed E-state index contributed by atoms with van der Waals surface area (Å²) in [5.41, 5.74) is 1.28. The van der Waals surface area contributed by atoms with Gasteiger partial charge in [-0.25, -0.2) is 4.79 Å². The first-order chi connectivity index (χ1) is 9.06. The number of hydrogen-bond donors (Lipinski definition) is 2. The molecule has 2 rings (SSSR count). The number of phenols is 1. The largest absolute Gasteiger partial charge is 0.507 e. The smallest absolute Gasteiger partial charge is 0.335 e. The third kappa shape index (κ3) is 3.33. The van der Waals surface area contributed by atoms with E-state index in [-0.39, 0.29) is 11.3 Å². The molecule has 19 heavy (non-hydrogen) atoms. The van der Waals surface area contributed by atoms with Crippen LogP contribution in [0.3, 0.4) is 0 Å². The predicted octanol–water partition coefficient (Wildman–Crippen LogP) is 3.49. The molecule has 0 spiro atoms. The van der Waals surface area contributed by atoms with Crippen molar-refractivity contribution in [3.05, 3.63) is 58.6 Å². The highest BCUT2D eigenvalue weighted by Gasteiger charge is 2.01. The SMILES string of the molecule is O=C(O)c1ccc(N=Cc2cc(Cl)ccc2O)cc1. The fourth-order valence-corrected chi connectivity index (χ4v) is 1.64. The molecule has 96 valence electrons. The molecule has 2 aromatic carbocycles. The Hall–Kier alpha value is -2.33. The minimum atomic E-state index is -0.983. The van der Waals surface area contributed by atoms with E-state index < -0.39 is 5.97 Å². The van der Waals surface area contributed by atoms with Crippen molar-refractivity contribution in [2.45, 2.75) is 0 Å². The monoisotopic (exact) mass is 275 g/mol. The highest BCUT2D eigenvalue weighted by atomic mass is 35.5. The minimum Gasteiger partial charge on any atom is -0.507 e. The second-order valence-corrected chi connectivity index (χ2v) is 4.25. The van der Waals surface area contributed by atoms with Crippen LogP contribution in [0.25, 0.3) is 0 Å². The molecule has 0 heterocycles. The van der Waals surface area contributed by atoms with Gasteiger partial charge >= 0.3 is 5.97 Å². The molecule has 2 N–H and O–H groups in total. The van der Waals surface area contributed by atoms with E-state index in [1.165, 1.54) is 24.4 Å². The van der Waals surface area contributed by atoms with Gasteiger partial charge in [-0.1, -0.05) is 11.6 Å². The zero-order valence-electron chi connectivity index (χ0n) is 9.75. The summed E-state index contributed by atoms with van der Waals surface area (Å²) in [7, 11) is 0. The Bertz CT molecular complexity index is 636. The maximum Gasteiger partial charge on any atom is 0.335 e. The van der Waals surface area contributed by atoms with Crippen molar-refractivity contribution in [3.8, 4) is 5.75 Å². The van der Waals surface area contributed by atoms with E-state index >= 15 is 0 Å². The molecule has 0 aliphatic rings. The zero-order chi connectivity index (χ0) is 13.8. The average Bonchev–Trinajstić information content (AvgIpc) is 2.40. The molecular formula is C14H10ClNO3. The molecule has 0 aliphatic carbocycles. The third-order valence-corrected chi connectivity index (χ3v) is 2.69. The van der Waals surface area contributed by atoms with Crippen LogP contribution >= 0.6 is 11.6 Å². The second kappa shape index (κ2) is 5.54. The van der Waals surface area contributed by atoms with Crippen LogP contribution < -0.4 is 0 Å². The Morgan fingerprint density at radius 3 is 2.47 bits per heavy atom. The Balaban J connectivity index is 2.22. The lowest BCUT2D eigenvalue weighted by Gasteiger charge is -1.99. The van der Waals surface area contributed by atoms with Gasteiger partial charge in [0.2, 0.25) is 0 Å². The molecular weight excluding hydrogens is 266 g/mol. The summed E-state index contributed by atoms with van der Waals surface area (Å²) in [6, 6.07) is 10.8. The molecule has 0 aliphatic heterocycles. The number of nitrogens with zero attached hydrogens (tertiary/aromatic N) is 1. The van der Waals surface area contributed by atoms with Gasteiger partial charge in [-0.05, 0) is 42.5 Å². The number of carbonyl (C=O) groups is 1. The van der Waals surface area contributed by atoms with Crippen molar-refractivity contribution >= 4 is 29.5 Å². The van der Waals surface area contributed by atoms with E-state index in [1.807, 2.05) is 0 Å². The molecule has 0 bridgehead atoms. The fraction of sp³-hybridized carbons (Fsp3) is 0. The van der Waals surface area contributed by atoms with Crippen molar-refractivity contribution in [2.75, 3.05) is 0 Å². The van der Waals surface area contributed by atoms with Gasteiger partial charge in [0, 0.05) is 16.8 Å². The van der Waals surface area contributed by atoms with Crippen LogP contribution in [-0.4, -0.2) is 22.4 Å². The van der Waals surface area contributed by atoms with E-state index in [9.17, 15) is 9.90 Å². The first kappa shape index (κ1) is 13.1. The van der Waals surface area contributed by atoms with Crippen molar-refractivity contribution < 1.29 is 15.0 Å². The summed E-state index contributed by atoms with van der Waals surface area (Å²) >= 11 is 5.82. The van der Waals surface area contributed by atoms with E-state index in [0.29, 0.717) is 16.3 Å². The number of aliphatic imine (C=N–C) groups is 1. The molecule has 0 saturated carbocycles. The van der Waals surface area contributed by atoms with Crippen molar-refractivity contribution in [3.63, 3.8) is 0 Å². The van der Waals surface area contributed by atoms with Crippen LogP contribution in [0, 0.1) is 0 Å². The zero-order valence-corrected chi connectivity index (χ0v) is 10.5. The number of benzene rings is 2. The van der Waals surface area contributed by atoms with Gasteiger partial charge in [-0.15, -0.1) is 0 Å². The van der Waals surface area contributed by atoms with Gasteiger partial charge in [0.05, 0.1) is 11.3 Å². The molecule has 0 aromatic heterocycles. The first-order valence-corrected chi connectivity index (χ1v) is 5.80. The number of aromatic hydroxyl groups is 1. The van der Waals surface area contributed by atoms with Gasteiger partial charge in [-0.2, -0.15) is 0 Å². The van der Waals surface area contributed by atoms with E-state index in [0.717, 1.165) is 0 Å². The predicted molar refractivity (Wildman–Crippen MR) is 73.8 cm³/mol. The average molecular weight is 276 g/mol. The molecule has 0 atom stereocenters. The molecule has 0 radical (unpaired) electrons. The van der Waals surface area contributed by atoms with Crippen LogP contribution in [0.5, 0.6) is 5.75 Å². The normalized spacial score (nSPS) is 10.8. The first-order valence-electron chi connectivity index (χ1n) is 5.42. The second-order valence-electron chi connectivity index (χ2n) is 3.81. The highest BCUT2D eigenvalue weighted by molar-refractivity contribution is 6.30. The highest BCUT2D eigenvalue weighted by Crippen LogP contribution is 2.21. The number of hydrogen-bond acceptors (Lipinski definition) is 3. The number of phenolic OH excluding ortho intramolecular Hbond substituents is 1. The number of carboxylic acids is 1. The van der Waals surface area contributed by atoms with Gasteiger partial charge in [0.25, 0.3) is 0 Å². The standard InChI is InChI=1S/C14H10ClNO3/c15-11-3-6-13(17)10(7-11)8-16-12-4-1-9(2-5-12)14(18)19/h1-8,17H,(H,18,19). The lowest BCUT2D eigenvalue weighted by atomic mass is 10.2.